The van der Waals surface area contributed by atoms with Gasteiger partial charge in [0.25, 0.3) is 0 Å². The molecule has 0 amide bonds. The summed E-state index contributed by atoms with van der Waals surface area (Å²) in [5.74, 6) is -0.315. The van der Waals surface area contributed by atoms with Gasteiger partial charge in [0.05, 0.1) is 0 Å². The minimum Gasteiger partial charge on any atom is -0.316 e. The topological polar surface area (TPSA) is 12.0 Å². The standard InChI is InChI=1S/C8H12FN.C2H6/c1-4-7(6-10-3)8(9)5-2;1-2/h4-5,10H,1-2,6H2,3H3;1-2H3/b8-7-;. The maximum atomic E-state index is 12.6. The van der Waals surface area contributed by atoms with Crippen molar-refractivity contribution in [1.29, 1.82) is 0 Å². The first kappa shape index (κ1) is 13.7. The predicted octanol–water partition coefficient (Wildman–Crippen LogP) is 2.83. The average Bonchev–Trinajstić information content (AvgIpc) is 2.16. The molecule has 0 aromatic rings. The highest BCUT2D eigenvalue weighted by molar-refractivity contribution is 5.27. The first-order valence-corrected chi connectivity index (χ1v) is 4.04. The predicted molar refractivity (Wildman–Crippen MR) is 53.8 cm³/mol. The van der Waals surface area contributed by atoms with Crippen molar-refractivity contribution < 1.29 is 4.39 Å². The van der Waals surface area contributed by atoms with Crippen LogP contribution in [-0.4, -0.2) is 13.6 Å². The molecule has 0 aliphatic carbocycles. The normalized spacial score (nSPS) is 10.7. The van der Waals surface area contributed by atoms with Gasteiger partial charge < -0.3 is 5.32 Å². The Bertz CT molecular complexity index is 159. The van der Waals surface area contributed by atoms with E-state index in [1.54, 1.807) is 7.05 Å². The van der Waals surface area contributed by atoms with Crippen LogP contribution in [0, 0.1) is 0 Å². The quantitative estimate of drug-likeness (QED) is 0.641. The summed E-state index contributed by atoms with van der Waals surface area (Å²) in [5.41, 5.74) is 0.539. The minimum atomic E-state index is -0.315. The largest absolute Gasteiger partial charge is 0.316 e. The van der Waals surface area contributed by atoms with Crippen molar-refractivity contribution in [3.63, 3.8) is 0 Å². The van der Waals surface area contributed by atoms with Crippen molar-refractivity contribution in [2.24, 2.45) is 0 Å². The monoisotopic (exact) mass is 171 g/mol. The second-order valence-electron chi connectivity index (χ2n) is 1.81. The van der Waals surface area contributed by atoms with Crippen LogP contribution in [0.3, 0.4) is 0 Å². The summed E-state index contributed by atoms with van der Waals surface area (Å²) in [6.45, 7) is 11.3. The number of hydrogen-bond acceptors (Lipinski definition) is 1. The van der Waals surface area contributed by atoms with E-state index in [-0.39, 0.29) is 5.83 Å². The average molecular weight is 171 g/mol. The van der Waals surface area contributed by atoms with Crippen LogP contribution in [0.5, 0.6) is 0 Å². The summed E-state index contributed by atoms with van der Waals surface area (Å²) in [7, 11) is 1.75. The summed E-state index contributed by atoms with van der Waals surface area (Å²) in [4.78, 5) is 0. The number of rotatable bonds is 4. The Morgan fingerprint density at radius 1 is 1.33 bits per heavy atom. The molecule has 0 saturated carbocycles. The lowest BCUT2D eigenvalue weighted by molar-refractivity contribution is 0.650. The van der Waals surface area contributed by atoms with E-state index in [2.05, 4.69) is 18.5 Å². The molecule has 0 atom stereocenters. The van der Waals surface area contributed by atoms with Crippen molar-refractivity contribution in [3.8, 4) is 0 Å². The molecule has 70 valence electrons. The third kappa shape index (κ3) is 5.86. The van der Waals surface area contributed by atoms with Crippen LogP contribution in [0.15, 0.2) is 36.7 Å². The molecule has 12 heavy (non-hydrogen) atoms. The van der Waals surface area contributed by atoms with E-state index in [9.17, 15) is 4.39 Å². The summed E-state index contributed by atoms with van der Waals surface area (Å²) in [5, 5.41) is 2.82. The first-order valence-electron chi connectivity index (χ1n) is 4.04. The van der Waals surface area contributed by atoms with Gasteiger partial charge in [-0.3, -0.25) is 0 Å². The summed E-state index contributed by atoms with van der Waals surface area (Å²) >= 11 is 0. The van der Waals surface area contributed by atoms with E-state index in [1.165, 1.54) is 12.2 Å². The van der Waals surface area contributed by atoms with Gasteiger partial charge in [0.1, 0.15) is 5.83 Å². The molecule has 0 unspecified atom stereocenters. The zero-order chi connectivity index (χ0) is 9.98. The van der Waals surface area contributed by atoms with E-state index in [1.807, 2.05) is 13.8 Å². The Morgan fingerprint density at radius 3 is 2.08 bits per heavy atom. The van der Waals surface area contributed by atoms with Crippen molar-refractivity contribution >= 4 is 0 Å². The van der Waals surface area contributed by atoms with Crippen molar-refractivity contribution in [1.82, 2.24) is 5.32 Å². The van der Waals surface area contributed by atoms with Crippen LogP contribution in [-0.2, 0) is 0 Å². The fourth-order valence-electron chi connectivity index (χ4n) is 0.576. The molecule has 1 nitrogen and oxygen atoms in total. The van der Waals surface area contributed by atoms with E-state index in [0.717, 1.165) is 0 Å². The third-order valence-electron chi connectivity index (χ3n) is 1.10. The van der Waals surface area contributed by atoms with E-state index in [4.69, 9.17) is 0 Å². The van der Waals surface area contributed by atoms with E-state index >= 15 is 0 Å². The van der Waals surface area contributed by atoms with Crippen molar-refractivity contribution in [2.75, 3.05) is 13.6 Å². The highest BCUT2D eigenvalue weighted by Gasteiger charge is 1.95. The van der Waals surface area contributed by atoms with Crippen LogP contribution in [0.25, 0.3) is 0 Å². The zero-order valence-electron chi connectivity index (χ0n) is 8.15. The molecule has 0 spiro atoms. The van der Waals surface area contributed by atoms with E-state index < -0.39 is 0 Å². The molecule has 0 aliphatic heterocycles. The van der Waals surface area contributed by atoms with Crippen molar-refractivity contribution in [2.45, 2.75) is 13.8 Å². The molecule has 2 heteroatoms. The minimum absolute atomic E-state index is 0.315. The maximum absolute atomic E-state index is 12.6. The number of nitrogens with one attached hydrogen (secondary N) is 1. The molecular formula is C10H18FN. The molecule has 0 radical (unpaired) electrons. The van der Waals surface area contributed by atoms with Gasteiger partial charge in [-0.2, -0.15) is 0 Å². The van der Waals surface area contributed by atoms with Gasteiger partial charge in [0, 0.05) is 12.1 Å². The number of likely N-dealkylation sites (N-methyl/N-ethyl adjacent to an activating group) is 1. The van der Waals surface area contributed by atoms with Crippen LogP contribution < -0.4 is 5.32 Å². The van der Waals surface area contributed by atoms with Gasteiger partial charge in [-0.1, -0.05) is 33.1 Å². The molecule has 0 rings (SSSR count). The Hall–Kier alpha value is -0.890. The first-order chi connectivity index (χ1) is 5.76. The smallest absolute Gasteiger partial charge is 0.127 e. The highest BCUT2D eigenvalue weighted by Crippen LogP contribution is 2.06. The van der Waals surface area contributed by atoms with Crippen LogP contribution >= 0.6 is 0 Å². The third-order valence-corrected chi connectivity index (χ3v) is 1.10. The Labute approximate surface area is 74.7 Å². The molecule has 0 aromatic heterocycles. The molecule has 0 fully saturated rings. The van der Waals surface area contributed by atoms with Gasteiger partial charge in [-0.05, 0) is 13.1 Å². The fourth-order valence-corrected chi connectivity index (χ4v) is 0.576. The van der Waals surface area contributed by atoms with E-state index in [0.29, 0.717) is 12.1 Å². The SMILES string of the molecule is C=C/C(F)=C(\C=C)CNC.CC. The molecule has 0 bridgehead atoms. The Kier molecular flexibility index (Phi) is 11.5. The molecule has 1 N–H and O–H groups in total. The second kappa shape index (κ2) is 10.1. The van der Waals surface area contributed by atoms with Crippen LogP contribution in [0.2, 0.25) is 0 Å². The van der Waals surface area contributed by atoms with Gasteiger partial charge in [-0.25, -0.2) is 4.39 Å². The maximum Gasteiger partial charge on any atom is 0.127 e. The highest BCUT2D eigenvalue weighted by atomic mass is 19.1. The second-order valence-corrected chi connectivity index (χ2v) is 1.81. The zero-order valence-corrected chi connectivity index (χ0v) is 8.15. The number of hydrogen-bond donors (Lipinski definition) is 1. The molecule has 0 aliphatic rings. The summed E-state index contributed by atoms with van der Waals surface area (Å²) in [6.07, 6.45) is 2.65. The van der Waals surface area contributed by atoms with Gasteiger partial charge in [0.15, 0.2) is 0 Å². The fraction of sp³-hybridized carbons (Fsp3) is 0.400. The van der Waals surface area contributed by atoms with Gasteiger partial charge in [0.2, 0.25) is 0 Å². The van der Waals surface area contributed by atoms with Gasteiger partial charge >= 0.3 is 0 Å². The Balaban J connectivity index is 0. The lowest BCUT2D eigenvalue weighted by Crippen LogP contribution is -2.09. The lowest BCUT2D eigenvalue weighted by Gasteiger charge is -1.99. The molecule has 0 saturated heterocycles. The molecule has 0 aromatic carbocycles. The molecular weight excluding hydrogens is 153 g/mol. The lowest BCUT2D eigenvalue weighted by atomic mass is 10.2. The van der Waals surface area contributed by atoms with Crippen LogP contribution in [0.4, 0.5) is 4.39 Å². The van der Waals surface area contributed by atoms with Gasteiger partial charge in [-0.15, -0.1) is 0 Å². The molecule has 0 heterocycles. The summed E-state index contributed by atoms with van der Waals surface area (Å²) in [6, 6.07) is 0. The van der Waals surface area contributed by atoms with Crippen LogP contribution in [0.1, 0.15) is 13.8 Å². The number of allylic oxidation sites excluding steroid dienone is 2. The van der Waals surface area contributed by atoms with Crippen molar-refractivity contribution in [3.05, 3.63) is 36.7 Å². The Morgan fingerprint density at radius 2 is 1.83 bits per heavy atom. The number of halogens is 1. The summed E-state index contributed by atoms with van der Waals surface area (Å²) < 4.78 is 12.6.